The molecule has 1 nitrogen and oxygen atoms in total. The quantitative estimate of drug-likeness (QED) is 0.707. The average Bonchev–Trinajstić information content (AvgIpc) is 1.94. The highest BCUT2D eigenvalue weighted by Crippen LogP contribution is 2.26. The van der Waals surface area contributed by atoms with Gasteiger partial charge in [0.2, 0.25) is 0 Å². The molecule has 0 aromatic heterocycles. The first-order chi connectivity index (χ1) is 5.88. The van der Waals surface area contributed by atoms with E-state index in [4.69, 9.17) is 17.3 Å². The molecule has 0 radical (unpaired) electrons. The van der Waals surface area contributed by atoms with Crippen LogP contribution >= 0.6 is 11.6 Å². The maximum Gasteiger partial charge on any atom is 0.393 e. The van der Waals surface area contributed by atoms with Gasteiger partial charge in [-0.25, -0.2) is 0 Å². The van der Waals surface area contributed by atoms with E-state index in [2.05, 4.69) is 0 Å². The van der Waals surface area contributed by atoms with Gasteiger partial charge < -0.3 is 5.73 Å². The van der Waals surface area contributed by atoms with Crippen molar-refractivity contribution < 1.29 is 13.2 Å². The molecule has 13 heavy (non-hydrogen) atoms. The summed E-state index contributed by atoms with van der Waals surface area (Å²) >= 11 is 5.52. The Morgan fingerprint density at radius 1 is 1.31 bits per heavy atom. The zero-order chi connectivity index (χ0) is 10.1. The van der Waals surface area contributed by atoms with Gasteiger partial charge in [0.05, 0.1) is 6.42 Å². The van der Waals surface area contributed by atoms with Crippen LogP contribution in [0.1, 0.15) is 5.56 Å². The SMILES string of the molecule is Nc1ccc(Cl)cc1CC(F)(F)F. The van der Waals surface area contributed by atoms with Gasteiger partial charge in [-0.05, 0) is 23.8 Å². The fraction of sp³-hybridized carbons (Fsp3) is 0.250. The Hall–Kier alpha value is -0.900. The van der Waals surface area contributed by atoms with E-state index in [0.29, 0.717) is 0 Å². The summed E-state index contributed by atoms with van der Waals surface area (Å²) in [5, 5.41) is 0.258. The summed E-state index contributed by atoms with van der Waals surface area (Å²) < 4.78 is 35.9. The number of anilines is 1. The topological polar surface area (TPSA) is 26.0 Å². The molecular formula is C8H7ClF3N. The molecule has 0 atom stereocenters. The van der Waals surface area contributed by atoms with Crippen molar-refractivity contribution in [1.82, 2.24) is 0 Å². The molecule has 0 saturated heterocycles. The smallest absolute Gasteiger partial charge is 0.393 e. The summed E-state index contributed by atoms with van der Waals surface area (Å²) in [6, 6.07) is 4.05. The minimum Gasteiger partial charge on any atom is -0.398 e. The average molecular weight is 210 g/mol. The van der Waals surface area contributed by atoms with Gasteiger partial charge in [0.1, 0.15) is 0 Å². The minimum atomic E-state index is -4.25. The summed E-state index contributed by atoms with van der Waals surface area (Å²) in [6.07, 6.45) is -5.29. The lowest BCUT2D eigenvalue weighted by molar-refractivity contribution is -0.127. The highest BCUT2D eigenvalue weighted by atomic mass is 35.5. The van der Waals surface area contributed by atoms with Crippen molar-refractivity contribution >= 4 is 17.3 Å². The first-order valence-corrected chi connectivity index (χ1v) is 3.87. The highest BCUT2D eigenvalue weighted by molar-refractivity contribution is 6.30. The number of nitrogens with two attached hydrogens (primary N) is 1. The molecule has 5 heteroatoms. The van der Waals surface area contributed by atoms with Crippen molar-refractivity contribution in [3.8, 4) is 0 Å². The van der Waals surface area contributed by atoms with Crippen LogP contribution in [0.5, 0.6) is 0 Å². The largest absolute Gasteiger partial charge is 0.398 e. The number of halogens is 4. The molecule has 0 fully saturated rings. The van der Waals surface area contributed by atoms with E-state index in [0.717, 1.165) is 0 Å². The van der Waals surface area contributed by atoms with Crippen LogP contribution in [0.4, 0.5) is 18.9 Å². The summed E-state index contributed by atoms with van der Waals surface area (Å²) in [4.78, 5) is 0. The number of nitrogen functional groups attached to an aromatic ring is 1. The van der Waals surface area contributed by atoms with Gasteiger partial charge in [0, 0.05) is 10.7 Å². The van der Waals surface area contributed by atoms with Gasteiger partial charge in [-0.3, -0.25) is 0 Å². The molecule has 0 saturated carbocycles. The summed E-state index contributed by atoms with van der Waals surface area (Å²) in [6.45, 7) is 0. The molecule has 0 aliphatic rings. The fourth-order valence-electron chi connectivity index (χ4n) is 0.943. The second-order valence-electron chi connectivity index (χ2n) is 2.64. The minimum absolute atomic E-state index is 0.0139. The Kier molecular flexibility index (Phi) is 2.71. The number of benzene rings is 1. The van der Waals surface area contributed by atoms with Crippen LogP contribution in [-0.4, -0.2) is 6.18 Å². The van der Waals surface area contributed by atoms with Crippen molar-refractivity contribution in [3.05, 3.63) is 28.8 Å². The Bertz CT molecular complexity index is 309. The second-order valence-corrected chi connectivity index (χ2v) is 3.07. The number of hydrogen-bond donors (Lipinski definition) is 1. The van der Waals surface area contributed by atoms with Crippen LogP contribution in [0.25, 0.3) is 0 Å². The lowest BCUT2D eigenvalue weighted by Gasteiger charge is -2.08. The van der Waals surface area contributed by atoms with Crippen molar-refractivity contribution in [1.29, 1.82) is 0 Å². The van der Waals surface area contributed by atoms with Crippen molar-refractivity contribution in [2.24, 2.45) is 0 Å². The molecule has 0 heterocycles. The van der Waals surface area contributed by atoms with Crippen molar-refractivity contribution in [2.45, 2.75) is 12.6 Å². The van der Waals surface area contributed by atoms with E-state index in [1.165, 1.54) is 18.2 Å². The predicted octanol–water partition coefficient (Wildman–Crippen LogP) is 3.03. The molecular weight excluding hydrogens is 203 g/mol. The van der Waals surface area contributed by atoms with E-state index < -0.39 is 12.6 Å². The third-order valence-electron chi connectivity index (χ3n) is 1.50. The Morgan fingerprint density at radius 2 is 1.92 bits per heavy atom. The molecule has 0 unspecified atom stereocenters. The van der Waals surface area contributed by atoms with Gasteiger partial charge in [-0.2, -0.15) is 13.2 Å². The van der Waals surface area contributed by atoms with Gasteiger partial charge in [0.25, 0.3) is 0 Å². The third kappa shape index (κ3) is 3.14. The summed E-state index contributed by atoms with van der Waals surface area (Å²) in [5.41, 5.74) is 5.46. The molecule has 0 amide bonds. The molecule has 1 aromatic carbocycles. The first kappa shape index (κ1) is 10.2. The van der Waals surface area contributed by atoms with Gasteiger partial charge in [-0.1, -0.05) is 11.6 Å². The van der Waals surface area contributed by atoms with E-state index in [9.17, 15) is 13.2 Å². The van der Waals surface area contributed by atoms with Crippen LogP contribution in [0.15, 0.2) is 18.2 Å². The van der Waals surface area contributed by atoms with Gasteiger partial charge in [-0.15, -0.1) is 0 Å². The second kappa shape index (κ2) is 3.46. The maximum atomic E-state index is 12.0. The molecule has 2 N–H and O–H groups in total. The molecule has 1 aromatic rings. The van der Waals surface area contributed by atoms with E-state index in [1.807, 2.05) is 0 Å². The fourth-order valence-corrected chi connectivity index (χ4v) is 1.14. The molecule has 0 aliphatic heterocycles. The van der Waals surface area contributed by atoms with Crippen molar-refractivity contribution in [3.63, 3.8) is 0 Å². The molecule has 0 aliphatic carbocycles. The highest BCUT2D eigenvalue weighted by Gasteiger charge is 2.28. The monoisotopic (exact) mass is 209 g/mol. The van der Waals surface area contributed by atoms with E-state index >= 15 is 0 Å². The standard InChI is InChI=1S/C8H7ClF3N/c9-6-1-2-7(13)5(3-6)4-8(10,11)12/h1-3H,4,13H2. The van der Waals surface area contributed by atoms with Crippen LogP contribution in [-0.2, 0) is 6.42 Å². The lowest BCUT2D eigenvalue weighted by atomic mass is 10.1. The molecule has 0 spiro atoms. The number of alkyl halides is 3. The van der Waals surface area contributed by atoms with Crippen LogP contribution in [0.2, 0.25) is 5.02 Å². The number of hydrogen-bond acceptors (Lipinski definition) is 1. The third-order valence-corrected chi connectivity index (χ3v) is 1.73. The number of rotatable bonds is 1. The Labute approximate surface area is 78.3 Å². The Balaban J connectivity index is 2.94. The lowest BCUT2D eigenvalue weighted by Crippen LogP contribution is -2.12. The zero-order valence-electron chi connectivity index (χ0n) is 6.53. The van der Waals surface area contributed by atoms with Gasteiger partial charge >= 0.3 is 6.18 Å². The molecule has 1 rings (SSSR count). The maximum absolute atomic E-state index is 12.0. The zero-order valence-corrected chi connectivity index (χ0v) is 7.28. The van der Waals surface area contributed by atoms with Crippen molar-refractivity contribution in [2.75, 3.05) is 5.73 Å². The Morgan fingerprint density at radius 3 is 2.46 bits per heavy atom. The molecule has 0 bridgehead atoms. The summed E-state index contributed by atoms with van der Waals surface area (Å²) in [5.74, 6) is 0. The van der Waals surface area contributed by atoms with Crippen LogP contribution in [0, 0.1) is 0 Å². The van der Waals surface area contributed by atoms with Crippen LogP contribution in [0.3, 0.4) is 0 Å². The molecule has 72 valence electrons. The van der Waals surface area contributed by atoms with Crippen LogP contribution < -0.4 is 5.73 Å². The van der Waals surface area contributed by atoms with Gasteiger partial charge in [0.15, 0.2) is 0 Å². The first-order valence-electron chi connectivity index (χ1n) is 3.49. The van der Waals surface area contributed by atoms with E-state index in [1.54, 1.807) is 0 Å². The predicted molar refractivity (Wildman–Crippen MR) is 45.6 cm³/mol. The van der Waals surface area contributed by atoms with E-state index in [-0.39, 0.29) is 16.3 Å². The normalized spacial score (nSPS) is 11.7. The summed E-state index contributed by atoms with van der Waals surface area (Å²) in [7, 11) is 0.